The average molecular weight is 617 g/mol. The standard InChI is InChI=1S/C28H30BrN3O6S/c1-3-30-28(34)20(2)31(18-21-9-11-22(29)12-10-21)27(33)19-32(39(35,36)24-7-5-4-6-8-24)23-13-14-25-26(17-23)38-16-15-37-25/h4-14,17,20H,3,15-16,18-19H2,1-2H3,(H,30,34). The molecule has 4 rings (SSSR count). The second-order valence-corrected chi connectivity index (χ2v) is 11.6. The van der Waals surface area contributed by atoms with Crippen LogP contribution in [0.1, 0.15) is 19.4 Å². The first kappa shape index (κ1) is 28.4. The summed E-state index contributed by atoms with van der Waals surface area (Å²) < 4.78 is 40.9. The van der Waals surface area contributed by atoms with Gasteiger partial charge in [0.25, 0.3) is 10.0 Å². The molecule has 0 spiro atoms. The quantitative estimate of drug-likeness (QED) is 0.370. The Labute approximate surface area is 236 Å². The van der Waals surface area contributed by atoms with Crippen LogP contribution in [0, 0.1) is 0 Å². The van der Waals surface area contributed by atoms with Gasteiger partial charge in [-0.05, 0) is 55.8 Å². The van der Waals surface area contributed by atoms with Gasteiger partial charge in [0.2, 0.25) is 11.8 Å². The van der Waals surface area contributed by atoms with Crippen LogP contribution < -0.4 is 19.1 Å². The summed E-state index contributed by atoms with van der Waals surface area (Å²) in [6.45, 7) is 4.12. The molecule has 0 radical (unpaired) electrons. The summed E-state index contributed by atoms with van der Waals surface area (Å²) in [6, 6.07) is 19.2. The average Bonchev–Trinajstić information content (AvgIpc) is 2.95. The maximum absolute atomic E-state index is 13.9. The summed E-state index contributed by atoms with van der Waals surface area (Å²) in [5, 5.41) is 2.75. The molecule has 1 atom stereocenters. The van der Waals surface area contributed by atoms with Gasteiger partial charge in [-0.1, -0.05) is 46.3 Å². The second kappa shape index (κ2) is 12.5. The number of ether oxygens (including phenoxy) is 2. The van der Waals surface area contributed by atoms with E-state index in [1.54, 1.807) is 50.2 Å². The molecular formula is C28H30BrN3O6S. The van der Waals surface area contributed by atoms with E-state index >= 15 is 0 Å². The number of fused-ring (bicyclic) bond motifs is 1. The van der Waals surface area contributed by atoms with Gasteiger partial charge in [0, 0.05) is 23.6 Å². The van der Waals surface area contributed by atoms with Gasteiger partial charge in [-0.15, -0.1) is 0 Å². The van der Waals surface area contributed by atoms with E-state index in [-0.39, 0.29) is 23.0 Å². The molecule has 11 heteroatoms. The van der Waals surface area contributed by atoms with Crippen LogP contribution in [-0.2, 0) is 26.2 Å². The lowest BCUT2D eigenvalue weighted by Gasteiger charge is -2.32. The summed E-state index contributed by atoms with van der Waals surface area (Å²) in [5.74, 6) is 0.0165. The molecule has 0 fully saturated rings. The Kier molecular flexibility index (Phi) is 9.13. The van der Waals surface area contributed by atoms with Crippen molar-refractivity contribution in [2.75, 3.05) is 30.6 Å². The summed E-state index contributed by atoms with van der Waals surface area (Å²) in [5.41, 5.74) is 1.03. The highest BCUT2D eigenvalue weighted by molar-refractivity contribution is 9.10. The van der Waals surface area contributed by atoms with E-state index in [9.17, 15) is 18.0 Å². The van der Waals surface area contributed by atoms with Crippen LogP contribution in [0.2, 0.25) is 0 Å². The number of hydrogen-bond acceptors (Lipinski definition) is 6. The molecule has 0 saturated heterocycles. The Morgan fingerprint density at radius 1 is 0.974 bits per heavy atom. The number of nitrogens with zero attached hydrogens (tertiary/aromatic N) is 2. The van der Waals surface area contributed by atoms with E-state index in [2.05, 4.69) is 21.2 Å². The smallest absolute Gasteiger partial charge is 0.264 e. The van der Waals surface area contributed by atoms with E-state index < -0.39 is 28.5 Å². The highest BCUT2D eigenvalue weighted by atomic mass is 79.9. The van der Waals surface area contributed by atoms with Crippen molar-refractivity contribution < 1.29 is 27.5 Å². The highest BCUT2D eigenvalue weighted by Crippen LogP contribution is 2.36. The summed E-state index contributed by atoms with van der Waals surface area (Å²) >= 11 is 3.40. The Bertz CT molecular complexity index is 1420. The molecule has 39 heavy (non-hydrogen) atoms. The van der Waals surface area contributed by atoms with Crippen LogP contribution in [-0.4, -0.2) is 57.5 Å². The maximum Gasteiger partial charge on any atom is 0.264 e. The number of amides is 2. The van der Waals surface area contributed by atoms with Crippen molar-refractivity contribution in [2.24, 2.45) is 0 Å². The minimum Gasteiger partial charge on any atom is -0.486 e. The highest BCUT2D eigenvalue weighted by Gasteiger charge is 2.33. The Hall–Kier alpha value is -3.57. The Morgan fingerprint density at radius 2 is 1.64 bits per heavy atom. The predicted molar refractivity (Wildman–Crippen MR) is 151 cm³/mol. The number of anilines is 1. The van der Waals surface area contributed by atoms with Crippen molar-refractivity contribution in [2.45, 2.75) is 31.3 Å². The SMILES string of the molecule is CCNC(=O)C(C)N(Cc1ccc(Br)cc1)C(=O)CN(c1ccc2c(c1)OCCO2)S(=O)(=O)c1ccccc1. The minimum atomic E-state index is -4.16. The summed E-state index contributed by atoms with van der Waals surface area (Å²) in [4.78, 5) is 28.1. The minimum absolute atomic E-state index is 0.0314. The normalized spacial score (nSPS) is 13.3. The lowest BCUT2D eigenvalue weighted by molar-refractivity contribution is -0.139. The molecule has 3 aromatic rings. The molecule has 0 aromatic heterocycles. The van der Waals surface area contributed by atoms with Gasteiger partial charge in [-0.25, -0.2) is 8.42 Å². The molecule has 9 nitrogen and oxygen atoms in total. The molecule has 0 saturated carbocycles. The topological polar surface area (TPSA) is 105 Å². The molecule has 0 bridgehead atoms. The van der Waals surface area contributed by atoms with E-state index in [0.717, 1.165) is 14.3 Å². The fourth-order valence-electron chi connectivity index (χ4n) is 4.13. The first-order chi connectivity index (χ1) is 18.7. The first-order valence-corrected chi connectivity index (χ1v) is 14.7. The molecule has 1 N–H and O–H groups in total. The Morgan fingerprint density at radius 3 is 2.31 bits per heavy atom. The van der Waals surface area contributed by atoms with Crippen molar-refractivity contribution in [3.63, 3.8) is 0 Å². The van der Waals surface area contributed by atoms with Crippen LogP contribution in [0.25, 0.3) is 0 Å². The molecule has 2 amide bonds. The number of carbonyl (C=O) groups excluding carboxylic acids is 2. The molecule has 1 aliphatic rings. The van der Waals surface area contributed by atoms with Gasteiger partial charge >= 0.3 is 0 Å². The van der Waals surface area contributed by atoms with E-state index in [4.69, 9.17) is 9.47 Å². The predicted octanol–water partition coefficient (Wildman–Crippen LogP) is 3.97. The van der Waals surface area contributed by atoms with Gasteiger partial charge in [0.15, 0.2) is 11.5 Å². The Balaban J connectivity index is 1.73. The number of carbonyl (C=O) groups is 2. The monoisotopic (exact) mass is 615 g/mol. The number of likely N-dealkylation sites (N-methyl/N-ethyl adjacent to an activating group) is 1. The van der Waals surface area contributed by atoms with Crippen molar-refractivity contribution in [3.05, 3.63) is 82.8 Å². The third kappa shape index (κ3) is 6.72. The lowest BCUT2D eigenvalue weighted by atomic mass is 10.1. The van der Waals surface area contributed by atoms with Crippen LogP contribution in [0.3, 0.4) is 0 Å². The van der Waals surface area contributed by atoms with Crippen molar-refractivity contribution in [1.82, 2.24) is 10.2 Å². The molecule has 0 aliphatic carbocycles. The molecule has 206 valence electrons. The lowest BCUT2D eigenvalue weighted by Crippen LogP contribution is -2.51. The van der Waals surface area contributed by atoms with Gasteiger partial charge < -0.3 is 19.7 Å². The zero-order valence-corrected chi connectivity index (χ0v) is 24.1. The first-order valence-electron chi connectivity index (χ1n) is 12.5. The fourth-order valence-corrected chi connectivity index (χ4v) is 5.82. The van der Waals surface area contributed by atoms with Crippen LogP contribution in [0.5, 0.6) is 11.5 Å². The van der Waals surface area contributed by atoms with E-state index in [1.165, 1.54) is 17.0 Å². The van der Waals surface area contributed by atoms with Crippen molar-refractivity contribution >= 4 is 43.5 Å². The maximum atomic E-state index is 13.9. The van der Waals surface area contributed by atoms with Crippen molar-refractivity contribution in [3.8, 4) is 11.5 Å². The number of nitrogens with one attached hydrogen (secondary N) is 1. The zero-order chi connectivity index (χ0) is 28.0. The molecule has 1 heterocycles. The van der Waals surface area contributed by atoms with Crippen LogP contribution in [0.4, 0.5) is 5.69 Å². The van der Waals surface area contributed by atoms with Gasteiger partial charge in [-0.3, -0.25) is 13.9 Å². The van der Waals surface area contributed by atoms with Crippen molar-refractivity contribution in [1.29, 1.82) is 0 Å². The summed E-state index contributed by atoms with van der Waals surface area (Å²) in [7, 11) is -4.16. The number of hydrogen-bond donors (Lipinski definition) is 1. The second-order valence-electron chi connectivity index (χ2n) is 8.87. The van der Waals surface area contributed by atoms with Gasteiger partial charge in [0.05, 0.1) is 10.6 Å². The number of benzene rings is 3. The summed E-state index contributed by atoms with van der Waals surface area (Å²) in [6.07, 6.45) is 0. The molecule has 1 aliphatic heterocycles. The van der Waals surface area contributed by atoms with E-state index in [1.807, 2.05) is 24.3 Å². The third-order valence-electron chi connectivity index (χ3n) is 6.21. The van der Waals surface area contributed by atoms with Gasteiger partial charge in [-0.2, -0.15) is 0 Å². The third-order valence-corrected chi connectivity index (χ3v) is 8.53. The molecule has 1 unspecified atom stereocenters. The number of rotatable bonds is 10. The van der Waals surface area contributed by atoms with Crippen LogP contribution in [0.15, 0.2) is 82.2 Å². The number of sulfonamides is 1. The van der Waals surface area contributed by atoms with E-state index in [0.29, 0.717) is 31.3 Å². The fraction of sp³-hybridized carbons (Fsp3) is 0.286. The van der Waals surface area contributed by atoms with Crippen LogP contribution >= 0.6 is 15.9 Å². The molecule has 3 aromatic carbocycles. The largest absolute Gasteiger partial charge is 0.486 e. The molecular weight excluding hydrogens is 586 g/mol. The zero-order valence-electron chi connectivity index (χ0n) is 21.7. The number of halogens is 1. The van der Waals surface area contributed by atoms with Gasteiger partial charge in [0.1, 0.15) is 25.8 Å².